The number of benzene rings is 1. The standard InChI is InChI=1S/C19H18N4O4S/c1-11-6-14-17(27-11)8-15-19(22-20-10-23(14)15)28-9-18(24)21-13-5-4-12(25-2)7-16(13)26-3/h4-8,10H,9H2,1-3H3,(H,21,24). The summed E-state index contributed by atoms with van der Waals surface area (Å²) in [6.45, 7) is 1.90. The second-order valence-electron chi connectivity index (χ2n) is 6.05. The highest BCUT2D eigenvalue weighted by Crippen LogP contribution is 2.31. The minimum absolute atomic E-state index is 0.176. The van der Waals surface area contributed by atoms with Crippen LogP contribution in [-0.4, -0.2) is 40.5 Å². The van der Waals surface area contributed by atoms with E-state index in [-0.39, 0.29) is 11.7 Å². The van der Waals surface area contributed by atoms with Gasteiger partial charge in [0.2, 0.25) is 5.91 Å². The summed E-state index contributed by atoms with van der Waals surface area (Å²) >= 11 is 1.31. The molecule has 0 aliphatic carbocycles. The molecule has 3 heterocycles. The van der Waals surface area contributed by atoms with Crippen molar-refractivity contribution in [3.63, 3.8) is 0 Å². The van der Waals surface area contributed by atoms with Crippen molar-refractivity contribution in [1.82, 2.24) is 14.6 Å². The summed E-state index contributed by atoms with van der Waals surface area (Å²) in [4.78, 5) is 12.4. The number of carbonyl (C=O) groups excluding carboxylic acids is 1. The average Bonchev–Trinajstić information content (AvgIpc) is 3.23. The molecular weight excluding hydrogens is 380 g/mol. The van der Waals surface area contributed by atoms with E-state index in [0.717, 1.165) is 22.4 Å². The van der Waals surface area contributed by atoms with Crippen LogP contribution in [0, 0.1) is 6.92 Å². The number of methoxy groups -OCH3 is 2. The van der Waals surface area contributed by atoms with Gasteiger partial charge in [0.25, 0.3) is 0 Å². The summed E-state index contributed by atoms with van der Waals surface area (Å²) in [7, 11) is 3.12. The molecule has 0 radical (unpaired) electrons. The van der Waals surface area contributed by atoms with Gasteiger partial charge in [-0.1, -0.05) is 11.8 Å². The number of carbonyl (C=O) groups is 1. The molecule has 0 bridgehead atoms. The van der Waals surface area contributed by atoms with Crippen LogP contribution in [0.15, 0.2) is 46.1 Å². The van der Waals surface area contributed by atoms with Gasteiger partial charge in [-0.2, -0.15) is 0 Å². The molecule has 28 heavy (non-hydrogen) atoms. The van der Waals surface area contributed by atoms with E-state index in [1.54, 1.807) is 38.7 Å². The van der Waals surface area contributed by atoms with Crippen LogP contribution < -0.4 is 14.8 Å². The Morgan fingerprint density at radius 2 is 2.07 bits per heavy atom. The highest BCUT2D eigenvalue weighted by atomic mass is 32.2. The third kappa shape index (κ3) is 3.36. The number of amides is 1. The molecule has 0 saturated heterocycles. The molecular formula is C19H18N4O4S. The number of aryl methyl sites for hydroxylation is 1. The third-order valence-electron chi connectivity index (χ3n) is 4.21. The van der Waals surface area contributed by atoms with Gasteiger partial charge in [0, 0.05) is 18.2 Å². The van der Waals surface area contributed by atoms with Gasteiger partial charge in [0.15, 0.2) is 5.58 Å². The molecule has 8 nitrogen and oxygen atoms in total. The predicted octanol–water partition coefficient (Wildman–Crippen LogP) is 3.53. The SMILES string of the molecule is COc1ccc(NC(=O)CSc2nncn3c2cc2oc(C)cc23)c(OC)c1. The number of ether oxygens (including phenoxy) is 2. The molecule has 1 aromatic carbocycles. The zero-order valence-electron chi connectivity index (χ0n) is 15.6. The van der Waals surface area contributed by atoms with Crippen molar-refractivity contribution < 1.29 is 18.7 Å². The number of aromatic nitrogens is 3. The summed E-state index contributed by atoms with van der Waals surface area (Å²) in [5.74, 6) is 2.01. The van der Waals surface area contributed by atoms with E-state index in [4.69, 9.17) is 13.9 Å². The van der Waals surface area contributed by atoms with Crippen molar-refractivity contribution in [3.8, 4) is 11.5 Å². The smallest absolute Gasteiger partial charge is 0.234 e. The van der Waals surface area contributed by atoms with Gasteiger partial charge in [0.1, 0.15) is 28.6 Å². The normalized spacial score (nSPS) is 11.1. The fourth-order valence-electron chi connectivity index (χ4n) is 2.93. The number of furan rings is 1. The first kappa shape index (κ1) is 18.2. The lowest BCUT2D eigenvalue weighted by atomic mass is 10.2. The molecule has 0 aliphatic rings. The summed E-state index contributed by atoms with van der Waals surface area (Å²) in [6.07, 6.45) is 1.64. The first-order chi connectivity index (χ1) is 13.6. The fourth-order valence-corrected chi connectivity index (χ4v) is 3.68. The second kappa shape index (κ2) is 7.43. The van der Waals surface area contributed by atoms with Crippen LogP contribution >= 0.6 is 11.8 Å². The molecule has 0 atom stereocenters. The number of hydrogen-bond donors (Lipinski definition) is 1. The van der Waals surface area contributed by atoms with Gasteiger partial charge < -0.3 is 19.2 Å². The Balaban J connectivity index is 1.50. The van der Waals surface area contributed by atoms with Crippen molar-refractivity contribution in [1.29, 1.82) is 0 Å². The van der Waals surface area contributed by atoms with Gasteiger partial charge in [-0.25, -0.2) is 0 Å². The van der Waals surface area contributed by atoms with Gasteiger partial charge >= 0.3 is 0 Å². The van der Waals surface area contributed by atoms with Crippen LogP contribution in [0.4, 0.5) is 5.69 Å². The van der Waals surface area contributed by atoms with E-state index in [2.05, 4.69) is 15.5 Å². The molecule has 4 aromatic rings. The summed E-state index contributed by atoms with van der Waals surface area (Å²) < 4.78 is 18.0. The maximum Gasteiger partial charge on any atom is 0.234 e. The Bertz CT molecular complexity index is 1170. The molecule has 0 unspecified atom stereocenters. The largest absolute Gasteiger partial charge is 0.497 e. The Hall–Kier alpha value is -3.20. The first-order valence-corrected chi connectivity index (χ1v) is 9.45. The zero-order valence-corrected chi connectivity index (χ0v) is 16.4. The van der Waals surface area contributed by atoms with Gasteiger partial charge in [0.05, 0.1) is 36.7 Å². The summed E-state index contributed by atoms with van der Waals surface area (Å²) in [5, 5.41) is 11.7. The van der Waals surface area contributed by atoms with Crippen molar-refractivity contribution in [2.24, 2.45) is 0 Å². The average molecular weight is 398 g/mol. The molecule has 0 saturated carbocycles. The molecule has 1 N–H and O–H groups in total. The maximum absolute atomic E-state index is 12.4. The van der Waals surface area contributed by atoms with Crippen LogP contribution in [0.25, 0.3) is 16.6 Å². The Kier molecular flexibility index (Phi) is 4.82. The highest BCUT2D eigenvalue weighted by Gasteiger charge is 2.15. The monoisotopic (exact) mass is 398 g/mol. The lowest BCUT2D eigenvalue weighted by Crippen LogP contribution is -2.15. The molecule has 9 heteroatoms. The van der Waals surface area contributed by atoms with Crippen LogP contribution in [0.3, 0.4) is 0 Å². The lowest BCUT2D eigenvalue weighted by Gasteiger charge is -2.11. The lowest BCUT2D eigenvalue weighted by molar-refractivity contribution is -0.113. The third-order valence-corrected chi connectivity index (χ3v) is 5.18. The van der Waals surface area contributed by atoms with E-state index in [1.807, 2.05) is 23.5 Å². The van der Waals surface area contributed by atoms with Crippen molar-refractivity contribution in [3.05, 3.63) is 42.4 Å². The van der Waals surface area contributed by atoms with E-state index >= 15 is 0 Å². The fraction of sp³-hybridized carbons (Fsp3) is 0.211. The zero-order chi connectivity index (χ0) is 19.7. The number of thioether (sulfide) groups is 1. The number of nitrogens with one attached hydrogen (secondary N) is 1. The molecule has 3 aromatic heterocycles. The summed E-state index contributed by atoms with van der Waals surface area (Å²) in [5.41, 5.74) is 3.12. The number of fused-ring (bicyclic) bond motifs is 3. The van der Waals surface area contributed by atoms with Crippen molar-refractivity contribution in [2.75, 3.05) is 25.3 Å². The van der Waals surface area contributed by atoms with Crippen molar-refractivity contribution in [2.45, 2.75) is 11.9 Å². The number of hydrogen-bond acceptors (Lipinski definition) is 7. The van der Waals surface area contributed by atoms with E-state index in [1.165, 1.54) is 11.8 Å². The Labute approximate surface area is 164 Å². The van der Waals surface area contributed by atoms with E-state index in [9.17, 15) is 4.79 Å². The Morgan fingerprint density at radius 1 is 1.21 bits per heavy atom. The van der Waals surface area contributed by atoms with Crippen LogP contribution in [0.2, 0.25) is 0 Å². The number of rotatable bonds is 6. The second-order valence-corrected chi connectivity index (χ2v) is 7.01. The maximum atomic E-state index is 12.4. The highest BCUT2D eigenvalue weighted by molar-refractivity contribution is 8.00. The quantitative estimate of drug-likeness (QED) is 0.497. The van der Waals surface area contributed by atoms with Crippen LogP contribution in [0.1, 0.15) is 5.76 Å². The van der Waals surface area contributed by atoms with Crippen LogP contribution in [-0.2, 0) is 4.79 Å². The minimum Gasteiger partial charge on any atom is -0.497 e. The molecule has 0 aliphatic heterocycles. The van der Waals surface area contributed by atoms with E-state index < -0.39 is 0 Å². The first-order valence-electron chi connectivity index (χ1n) is 8.46. The topological polar surface area (TPSA) is 90.9 Å². The summed E-state index contributed by atoms with van der Waals surface area (Å²) in [6, 6.07) is 9.07. The molecule has 4 rings (SSSR count). The van der Waals surface area contributed by atoms with Crippen LogP contribution in [0.5, 0.6) is 11.5 Å². The molecule has 144 valence electrons. The van der Waals surface area contributed by atoms with Gasteiger partial charge in [-0.15, -0.1) is 10.2 Å². The molecule has 0 fully saturated rings. The van der Waals surface area contributed by atoms with Gasteiger partial charge in [-0.05, 0) is 19.1 Å². The molecule has 1 amide bonds. The molecule has 0 spiro atoms. The number of nitrogens with zero attached hydrogens (tertiary/aromatic N) is 3. The predicted molar refractivity (Wildman–Crippen MR) is 106 cm³/mol. The number of anilines is 1. The van der Waals surface area contributed by atoms with E-state index in [0.29, 0.717) is 22.2 Å². The minimum atomic E-state index is -0.177. The van der Waals surface area contributed by atoms with Gasteiger partial charge in [-0.3, -0.25) is 9.20 Å². The Morgan fingerprint density at radius 3 is 2.86 bits per heavy atom. The van der Waals surface area contributed by atoms with Crippen molar-refractivity contribution >= 4 is 40.0 Å².